The Balaban J connectivity index is 2.37. The van der Waals surface area contributed by atoms with Crippen molar-refractivity contribution in [3.05, 3.63) is 28.7 Å². The minimum absolute atomic E-state index is 0.0615. The molecule has 0 spiro atoms. The maximum absolute atomic E-state index is 12.7. The molecule has 1 aliphatic rings. The Labute approximate surface area is 136 Å². The van der Waals surface area contributed by atoms with Gasteiger partial charge < -0.3 is 10.1 Å². The number of carbonyl (C=O) groups excluding carboxylic acids is 2. The smallest absolute Gasteiger partial charge is 0.307 e. The number of benzene rings is 1. The van der Waals surface area contributed by atoms with Crippen LogP contribution in [0.15, 0.2) is 33.6 Å². The summed E-state index contributed by atoms with van der Waals surface area (Å²) in [6.45, 7) is 0.298. The SMILES string of the molecule is COC(=O)CC1C(=O)NCCN1S(=O)(=O)c1cccc(Br)c1. The maximum Gasteiger partial charge on any atom is 0.307 e. The summed E-state index contributed by atoms with van der Waals surface area (Å²) < 4.78 is 31.7. The first-order valence-corrected chi connectivity index (χ1v) is 8.71. The fourth-order valence-corrected chi connectivity index (χ4v) is 4.36. The van der Waals surface area contributed by atoms with Crippen molar-refractivity contribution in [2.75, 3.05) is 20.2 Å². The number of hydrogen-bond donors (Lipinski definition) is 1. The molecule has 22 heavy (non-hydrogen) atoms. The van der Waals surface area contributed by atoms with E-state index in [1.165, 1.54) is 19.2 Å². The highest BCUT2D eigenvalue weighted by Gasteiger charge is 2.39. The molecule has 120 valence electrons. The first-order chi connectivity index (χ1) is 10.4. The third-order valence-electron chi connectivity index (χ3n) is 3.27. The molecule has 0 saturated carbocycles. The van der Waals surface area contributed by atoms with E-state index in [1.807, 2.05) is 0 Å². The minimum atomic E-state index is -3.89. The van der Waals surface area contributed by atoms with Crippen LogP contribution in [0.1, 0.15) is 6.42 Å². The topological polar surface area (TPSA) is 92.8 Å². The number of halogens is 1. The Kier molecular flexibility index (Phi) is 5.20. The lowest BCUT2D eigenvalue weighted by molar-refractivity contribution is -0.144. The largest absolute Gasteiger partial charge is 0.469 e. The van der Waals surface area contributed by atoms with Gasteiger partial charge in [0.25, 0.3) is 0 Å². The summed E-state index contributed by atoms with van der Waals surface area (Å²) >= 11 is 3.22. The fourth-order valence-electron chi connectivity index (χ4n) is 2.18. The van der Waals surface area contributed by atoms with E-state index in [2.05, 4.69) is 26.0 Å². The number of sulfonamides is 1. The lowest BCUT2D eigenvalue weighted by atomic mass is 10.1. The molecule has 0 radical (unpaired) electrons. The molecule has 7 nitrogen and oxygen atoms in total. The van der Waals surface area contributed by atoms with Crippen LogP contribution in [0.4, 0.5) is 0 Å². The van der Waals surface area contributed by atoms with Gasteiger partial charge in [0.1, 0.15) is 6.04 Å². The van der Waals surface area contributed by atoms with Crippen LogP contribution in [0.3, 0.4) is 0 Å². The first-order valence-electron chi connectivity index (χ1n) is 6.48. The van der Waals surface area contributed by atoms with Crippen molar-refractivity contribution in [1.82, 2.24) is 9.62 Å². The van der Waals surface area contributed by atoms with E-state index in [9.17, 15) is 18.0 Å². The number of nitrogens with one attached hydrogen (secondary N) is 1. The molecule has 1 aromatic carbocycles. The Bertz CT molecular complexity index is 691. The molecule has 1 aliphatic heterocycles. The van der Waals surface area contributed by atoms with Crippen LogP contribution in [0.25, 0.3) is 0 Å². The number of ether oxygens (including phenoxy) is 1. The Morgan fingerprint density at radius 1 is 1.50 bits per heavy atom. The number of nitrogens with zero attached hydrogens (tertiary/aromatic N) is 1. The van der Waals surface area contributed by atoms with Gasteiger partial charge in [-0.3, -0.25) is 9.59 Å². The number of rotatable bonds is 4. The van der Waals surface area contributed by atoms with Crippen LogP contribution < -0.4 is 5.32 Å². The molecule has 1 saturated heterocycles. The number of methoxy groups -OCH3 is 1. The van der Waals surface area contributed by atoms with E-state index in [1.54, 1.807) is 12.1 Å². The summed E-state index contributed by atoms with van der Waals surface area (Å²) in [4.78, 5) is 23.5. The predicted octanol–water partition coefficient (Wildman–Crippen LogP) is 0.501. The van der Waals surface area contributed by atoms with Crippen LogP contribution in [-0.4, -0.2) is 50.8 Å². The molecule has 1 amide bonds. The number of amides is 1. The molecule has 1 N–H and O–H groups in total. The molecule has 1 unspecified atom stereocenters. The number of esters is 1. The molecule has 0 bridgehead atoms. The van der Waals surface area contributed by atoms with Crippen molar-refractivity contribution in [2.45, 2.75) is 17.4 Å². The van der Waals surface area contributed by atoms with E-state index in [4.69, 9.17) is 0 Å². The van der Waals surface area contributed by atoms with Gasteiger partial charge in [0.2, 0.25) is 15.9 Å². The van der Waals surface area contributed by atoms with E-state index < -0.39 is 27.9 Å². The molecule has 1 aromatic rings. The van der Waals surface area contributed by atoms with Crippen molar-refractivity contribution in [2.24, 2.45) is 0 Å². The van der Waals surface area contributed by atoms with Crippen LogP contribution >= 0.6 is 15.9 Å². The molecule has 0 aliphatic carbocycles. The van der Waals surface area contributed by atoms with Gasteiger partial charge >= 0.3 is 5.97 Å². The van der Waals surface area contributed by atoms with Gasteiger partial charge in [-0.1, -0.05) is 22.0 Å². The highest BCUT2D eigenvalue weighted by atomic mass is 79.9. The molecule has 0 aromatic heterocycles. The zero-order chi connectivity index (χ0) is 16.3. The zero-order valence-electron chi connectivity index (χ0n) is 11.8. The van der Waals surface area contributed by atoms with Gasteiger partial charge in [0, 0.05) is 17.6 Å². The van der Waals surface area contributed by atoms with Gasteiger partial charge in [-0.25, -0.2) is 8.42 Å². The van der Waals surface area contributed by atoms with Crippen molar-refractivity contribution in [1.29, 1.82) is 0 Å². The summed E-state index contributed by atoms with van der Waals surface area (Å²) in [6.07, 6.45) is -0.324. The van der Waals surface area contributed by atoms with Gasteiger partial charge in [0.15, 0.2) is 0 Å². The van der Waals surface area contributed by atoms with Gasteiger partial charge in [-0.15, -0.1) is 0 Å². The highest BCUT2D eigenvalue weighted by molar-refractivity contribution is 9.10. The average Bonchev–Trinajstić information content (AvgIpc) is 2.49. The quantitative estimate of drug-likeness (QED) is 0.755. The second-order valence-electron chi connectivity index (χ2n) is 4.66. The normalized spacial score (nSPS) is 19.5. The number of carbonyl (C=O) groups is 2. The molecule has 1 atom stereocenters. The molecule has 2 rings (SSSR count). The van der Waals surface area contributed by atoms with Crippen LogP contribution in [0.5, 0.6) is 0 Å². The van der Waals surface area contributed by atoms with Crippen LogP contribution in [0, 0.1) is 0 Å². The van der Waals surface area contributed by atoms with Crippen molar-refractivity contribution in [3.8, 4) is 0 Å². The third kappa shape index (κ3) is 3.47. The molecule has 1 heterocycles. The van der Waals surface area contributed by atoms with Crippen LogP contribution in [0.2, 0.25) is 0 Å². The highest BCUT2D eigenvalue weighted by Crippen LogP contribution is 2.24. The average molecular weight is 391 g/mol. The summed E-state index contributed by atoms with van der Waals surface area (Å²) in [6, 6.07) is 5.09. The second kappa shape index (κ2) is 6.76. The molecule has 1 fully saturated rings. The van der Waals surface area contributed by atoms with Crippen LogP contribution in [-0.2, 0) is 24.3 Å². The summed E-state index contributed by atoms with van der Waals surface area (Å²) in [5, 5.41) is 2.56. The predicted molar refractivity (Wildman–Crippen MR) is 81.5 cm³/mol. The van der Waals surface area contributed by atoms with Gasteiger partial charge in [-0.05, 0) is 18.2 Å². The molecular formula is C13H15BrN2O5S. The Morgan fingerprint density at radius 2 is 2.23 bits per heavy atom. The van der Waals surface area contributed by atoms with E-state index >= 15 is 0 Å². The van der Waals surface area contributed by atoms with E-state index in [0.717, 1.165) is 4.31 Å². The third-order valence-corrected chi connectivity index (χ3v) is 5.67. The summed E-state index contributed by atoms with van der Waals surface area (Å²) in [5.41, 5.74) is 0. The standard InChI is InChI=1S/C13H15BrN2O5S/c1-21-12(17)8-11-13(18)15-5-6-16(11)22(19,20)10-4-2-3-9(14)7-10/h2-4,7,11H,5-6,8H2,1H3,(H,15,18). The summed E-state index contributed by atoms with van der Waals surface area (Å²) in [5.74, 6) is -1.15. The lowest BCUT2D eigenvalue weighted by Crippen LogP contribution is -2.57. The Morgan fingerprint density at radius 3 is 2.86 bits per heavy atom. The minimum Gasteiger partial charge on any atom is -0.469 e. The van der Waals surface area contributed by atoms with Crippen molar-refractivity contribution < 1.29 is 22.7 Å². The molecule has 9 heteroatoms. The van der Waals surface area contributed by atoms with Crippen molar-refractivity contribution in [3.63, 3.8) is 0 Å². The zero-order valence-corrected chi connectivity index (χ0v) is 14.2. The van der Waals surface area contributed by atoms with Crippen molar-refractivity contribution >= 4 is 37.8 Å². The first kappa shape index (κ1) is 16.9. The summed E-state index contributed by atoms with van der Waals surface area (Å²) in [7, 11) is -2.70. The number of piperazine rings is 1. The second-order valence-corrected chi connectivity index (χ2v) is 7.47. The van der Waals surface area contributed by atoms with Gasteiger partial charge in [-0.2, -0.15) is 4.31 Å². The monoisotopic (exact) mass is 390 g/mol. The van der Waals surface area contributed by atoms with E-state index in [-0.39, 0.29) is 24.4 Å². The number of hydrogen-bond acceptors (Lipinski definition) is 5. The Hall–Kier alpha value is -1.45. The fraction of sp³-hybridized carbons (Fsp3) is 0.385. The lowest BCUT2D eigenvalue weighted by Gasteiger charge is -2.33. The maximum atomic E-state index is 12.7. The molecular weight excluding hydrogens is 376 g/mol. The van der Waals surface area contributed by atoms with E-state index in [0.29, 0.717) is 4.47 Å². The van der Waals surface area contributed by atoms with Gasteiger partial charge in [0.05, 0.1) is 18.4 Å².